The first kappa shape index (κ1) is 15.9. The highest BCUT2D eigenvalue weighted by Gasteiger charge is 2.20. The zero-order chi connectivity index (χ0) is 14.4. The monoisotopic (exact) mass is 271 g/mol. The highest BCUT2D eigenvalue weighted by molar-refractivity contribution is 5.36. The van der Waals surface area contributed by atoms with Gasteiger partial charge < -0.3 is 19.5 Å². The Morgan fingerprint density at radius 1 is 1.11 bits per heavy atom. The molecule has 4 nitrogen and oxygen atoms in total. The van der Waals surface area contributed by atoms with Crippen LogP contribution in [0.15, 0.2) is 18.2 Å². The Bertz CT molecular complexity index is 396. The van der Waals surface area contributed by atoms with E-state index in [-0.39, 0.29) is 24.2 Å². The molecule has 0 fully saturated rings. The van der Waals surface area contributed by atoms with Crippen LogP contribution in [-0.2, 0) is 9.47 Å². The molecule has 0 saturated heterocycles. The third kappa shape index (κ3) is 4.16. The summed E-state index contributed by atoms with van der Waals surface area (Å²) in [5, 5.41) is 3.30. The number of nitrogens with one attached hydrogen (secondary N) is 1. The standard InChI is InChI=1S/C14H22FNO3/c1-9(16-10(2)14(18-4)19-5)12-8-11(15)6-7-13(12)17-3/h6-10,14,16H,1-5H3. The van der Waals surface area contributed by atoms with Crippen molar-refractivity contribution in [3.8, 4) is 5.75 Å². The summed E-state index contributed by atoms with van der Waals surface area (Å²) in [5.41, 5.74) is 0.764. The van der Waals surface area contributed by atoms with E-state index in [0.717, 1.165) is 5.56 Å². The van der Waals surface area contributed by atoms with E-state index >= 15 is 0 Å². The van der Waals surface area contributed by atoms with Crippen molar-refractivity contribution in [3.63, 3.8) is 0 Å². The Morgan fingerprint density at radius 3 is 2.26 bits per heavy atom. The van der Waals surface area contributed by atoms with Crippen LogP contribution in [0.3, 0.4) is 0 Å². The highest BCUT2D eigenvalue weighted by Crippen LogP contribution is 2.26. The maximum Gasteiger partial charge on any atom is 0.171 e. The van der Waals surface area contributed by atoms with Crippen molar-refractivity contribution in [1.82, 2.24) is 5.32 Å². The van der Waals surface area contributed by atoms with Crippen molar-refractivity contribution in [2.24, 2.45) is 0 Å². The van der Waals surface area contributed by atoms with E-state index in [4.69, 9.17) is 14.2 Å². The Balaban J connectivity index is 2.82. The second-order valence-corrected chi connectivity index (χ2v) is 4.40. The number of benzene rings is 1. The van der Waals surface area contributed by atoms with E-state index in [1.54, 1.807) is 27.4 Å². The third-order valence-corrected chi connectivity index (χ3v) is 3.04. The normalized spacial score (nSPS) is 14.5. The summed E-state index contributed by atoms with van der Waals surface area (Å²) in [6.45, 7) is 3.89. The second kappa shape index (κ2) is 7.43. The first-order chi connectivity index (χ1) is 9.03. The lowest BCUT2D eigenvalue weighted by Gasteiger charge is -2.26. The van der Waals surface area contributed by atoms with Gasteiger partial charge in [-0.15, -0.1) is 0 Å². The molecular weight excluding hydrogens is 249 g/mol. The quantitative estimate of drug-likeness (QED) is 0.773. The first-order valence-corrected chi connectivity index (χ1v) is 6.18. The van der Waals surface area contributed by atoms with E-state index in [9.17, 15) is 4.39 Å². The lowest BCUT2D eigenvalue weighted by atomic mass is 10.1. The molecule has 0 aliphatic heterocycles. The van der Waals surface area contributed by atoms with Crippen molar-refractivity contribution in [2.45, 2.75) is 32.2 Å². The van der Waals surface area contributed by atoms with Gasteiger partial charge in [0.15, 0.2) is 6.29 Å². The number of methoxy groups -OCH3 is 3. The molecule has 19 heavy (non-hydrogen) atoms. The van der Waals surface area contributed by atoms with Crippen molar-refractivity contribution < 1.29 is 18.6 Å². The number of hydrogen-bond acceptors (Lipinski definition) is 4. The van der Waals surface area contributed by atoms with Gasteiger partial charge in [-0.1, -0.05) is 0 Å². The molecular formula is C14H22FNO3. The Hall–Kier alpha value is -1.17. The molecule has 0 saturated carbocycles. The van der Waals surface area contributed by atoms with Crippen LogP contribution < -0.4 is 10.1 Å². The van der Waals surface area contributed by atoms with Gasteiger partial charge in [-0.05, 0) is 32.0 Å². The average Bonchev–Trinajstić information content (AvgIpc) is 2.40. The predicted molar refractivity (Wildman–Crippen MR) is 71.8 cm³/mol. The third-order valence-electron chi connectivity index (χ3n) is 3.04. The summed E-state index contributed by atoms with van der Waals surface area (Å²) >= 11 is 0. The molecule has 1 rings (SSSR count). The van der Waals surface area contributed by atoms with Gasteiger partial charge in [0.05, 0.1) is 13.2 Å². The summed E-state index contributed by atoms with van der Waals surface area (Å²) in [5.74, 6) is 0.368. The maximum atomic E-state index is 13.3. The van der Waals surface area contributed by atoms with Crippen molar-refractivity contribution in [1.29, 1.82) is 0 Å². The fourth-order valence-electron chi connectivity index (χ4n) is 2.11. The minimum absolute atomic E-state index is 0.0435. The van der Waals surface area contributed by atoms with E-state index in [0.29, 0.717) is 5.75 Å². The number of hydrogen-bond donors (Lipinski definition) is 1. The number of rotatable bonds is 7. The number of ether oxygens (including phenoxy) is 3. The van der Waals surface area contributed by atoms with Gasteiger partial charge in [0.2, 0.25) is 0 Å². The van der Waals surface area contributed by atoms with E-state index in [1.165, 1.54) is 12.1 Å². The van der Waals surface area contributed by atoms with Gasteiger partial charge in [0, 0.05) is 25.8 Å². The molecule has 0 amide bonds. The predicted octanol–water partition coefficient (Wildman–Crippen LogP) is 2.49. The molecule has 1 N–H and O–H groups in total. The second-order valence-electron chi connectivity index (χ2n) is 4.40. The van der Waals surface area contributed by atoms with Gasteiger partial charge in [-0.2, -0.15) is 0 Å². The van der Waals surface area contributed by atoms with Gasteiger partial charge >= 0.3 is 0 Å². The highest BCUT2D eigenvalue weighted by atomic mass is 19.1. The molecule has 0 radical (unpaired) electrons. The maximum absolute atomic E-state index is 13.3. The molecule has 0 spiro atoms. The minimum Gasteiger partial charge on any atom is -0.496 e. The van der Waals surface area contributed by atoms with Crippen LogP contribution in [0.1, 0.15) is 25.5 Å². The molecule has 0 aromatic heterocycles. The number of halogens is 1. The van der Waals surface area contributed by atoms with E-state index in [2.05, 4.69) is 5.32 Å². The molecule has 0 aliphatic rings. The van der Waals surface area contributed by atoms with Crippen LogP contribution >= 0.6 is 0 Å². The lowest BCUT2D eigenvalue weighted by Crippen LogP contribution is -2.41. The summed E-state index contributed by atoms with van der Waals surface area (Å²) < 4.78 is 29.0. The molecule has 0 aliphatic carbocycles. The van der Waals surface area contributed by atoms with Gasteiger partial charge in [0.1, 0.15) is 11.6 Å². The zero-order valence-electron chi connectivity index (χ0n) is 12.1. The molecule has 0 heterocycles. The summed E-state index contributed by atoms with van der Waals surface area (Å²) in [6, 6.07) is 4.34. The molecule has 0 bridgehead atoms. The topological polar surface area (TPSA) is 39.7 Å². The fourth-order valence-corrected chi connectivity index (χ4v) is 2.11. The first-order valence-electron chi connectivity index (χ1n) is 6.18. The van der Waals surface area contributed by atoms with Crippen molar-refractivity contribution in [3.05, 3.63) is 29.6 Å². The van der Waals surface area contributed by atoms with Crippen LogP contribution in [0.2, 0.25) is 0 Å². The van der Waals surface area contributed by atoms with Gasteiger partial charge in [-0.25, -0.2) is 4.39 Å². The van der Waals surface area contributed by atoms with E-state index < -0.39 is 0 Å². The molecule has 2 unspecified atom stereocenters. The molecule has 108 valence electrons. The van der Waals surface area contributed by atoms with Gasteiger partial charge in [-0.3, -0.25) is 0 Å². The van der Waals surface area contributed by atoms with Crippen LogP contribution in [0.25, 0.3) is 0 Å². The largest absolute Gasteiger partial charge is 0.496 e. The van der Waals surface area contributed by atoms with Crippen LogP contribution in [0, 0.1) is 5.82 Å². The van der Waals surface area contributed by atoms with Crippen molar-refractivity contribution in [2.75, 3.05) is 21.3 Å². The average molecular weight is 271 g/mol. The van der Waals surface area contributed by atoms with Crippen LogP contribution in [-0.4, -0.2) is 33.7 Å². The SMILES string of the molecule is COc1ccc(F)cc1C(C)NC(C)C(OC)OC. The summed E-state index contributed by atoms with van der Waals surface area (Å²) in [4.78, 5) is 0. The summed E-state index contributed by atoms with van der Waals surface area (Å²) in [6.07, 6.45) is -0.359. The molecule has 1 aromatic rings. The summed E-state index contributed by atoms with van der Waals surface area (Å²) in [7, 11) is 4.74. The molecule has 1 aromatic carbocycles. The Morgan fingerprint density at radius 2 is 1.74 bits per heavy atom. The van der Waals surface area contributed by atoms with E-state index in [1.807, 2.05) is 13.8 Å². The molecule has 5 heteroatoms. The smallest absolute Gasteiger partial charge is 0.171 e. The zero-order valence-corrected chi connectivity index (χ0v) is 12.1. The van der Waals surface area contributed by atoms with Gasteiger partial charge in [0.25, 0.3) is 0 Å². The van der Waals surface area contributed by atoms with Crippen LogP contribution in [0.5, 0.6) is 5.75 Å². The fraction of sp³-hybridized carbons (Fsp3) is 0.571. The van der Waals surface area contributed by atoms with Crippen LogP contribution in [0.4, 0.5) is 4.39 Å². The Kier molecular flexibility index (Phi) is 6.21. The minimum atomic E-state index is -0.359. The Labute approximate surface area is 113 Å². The lowest BCUT2D eigenvalue weighted by molar-refractivity contribution is -0.120. The molecule has 2 atom stereocenters. The van der Waals surface area contributed by atoms with Crippen molar-refractivity contribution >= 4 is 0 Å².